The van der Waals surface area contributed by atoms with Crippen LogP contribution in [0.25, 0.3) is 0 Å². The number of hydrogen-bond donors (Lipinski definition) is 3. The van der Waals surface area contributed by atoms with Crippen molar-refractivity contribution in [2.45, 2.75) is 334 Å². The third-order valence-electron chi connectivity index (χ3n) is 14.1. The van der Waals surface area contributed by atoms with Crippen LogP contribution in [0.2, 0.25) is 0 Å². The maximum atomic E-state index is 12.4. The normalized spacial score (nSPS) is 12.9. The summed E-state index contributed by atoms with van der Waals surface area (Å²) in [4.78, 5) is 24.5. The van der Waals surface area contributed by atoms with Crippen molar-refractivity contribution in [3.8, 4) is 0 Å². The van der Waals surface area contributed by atoms with Crippen LogP contribution < -0.4 is 5.32 Å². The molecule has 3 N–H and O–H groups in total. The molecule has 0 aliphatic heterocycles. The highest BCUT2D eigenvalue weighted by atomic mass is 16.5. The smallest absolute Gasteiger partial charge is 0.305 e. The van der Waals surface area contributed by atoms with Crippen molar-refractivity contribution in [1.82, 2.24) is 5.32 Å². The van der Waals surface area contributed by atoms with Crippen LogP contribution in [0, 0.1) is 0 Å². The Hall–Kier alpha value is -2.18. The lowest BCUT2D eigenvalue weighted by Gasteiger charge is -2.20. The Balaban J connectivity index is 3.43. The molecule has 0 bridgehead atoms. The molecule has 0 fully saturated rings. The number of carbonyl (C=O) groups excluding carboxylic acids is 2. The van der Waals surface area contributed by atoms with E-state index in [1.165, 1.54) is 244 Å². The maximum Gasteiger partial charge on any atom is 0.305 e. The average molecular weight is 983 g/mol. The molecule has 0 saturated heterocycles. The van der Waals surface area contributed by atoms with Gasteiger partial charge in [0.15, 0.2) is 0 Å². The third-order valence-corrected chi connectivity index (χ3v) is 14.1. The molecule has 6 nitrogen and oxygen atoms in total. The van der Waals surface area contributed by atoms with Gasteiger partial charge in [0.05, 0.1) is 25.4 Å². The summed E-state index contributed by atoms with van der Waals surface area (Å²) in [6.45, 7) is 4.88. The summed E-state index contributed by atoms with van der Waals surface area (Å²) < 4.78 is 5.47. The van der Waals surface area contributed by atoms with Crippen molar-refractivity contribution >= 4 is 11.9 Å². The number of carbonyl (C=O) groups is 2. The fourth-order valence-corrected chi connectivity index (χ4v) is 9.31. The zero-order chi connectivity index (χ0) is 50.7. The van der Waals surface area contributed by atoms with Crippen LogP contribution >= 0.6 is 0 Å². The van der Waals surface area contributed by atoms with Gasteiger partial charge >= 0.3 is 5.97 Å². The van der Waals surface area contributed by atoms with E-state index in [1.807, 2.05) is 6.08 Å². The Kier molecular flexibility index (Phi) is 57.5. The van der Waals surface area contributed by atoms with Crippen molar-refractivity contribution in [1.29, 1.82) is 0 Å². The molecule has 0 aromatic heterocycles. The van der Waals surface area contributed by atoms with Crippen molar-refractivity contribution in [2.75, 3.05) is 13.2 Å². The summed E-state index contributed by atoms with van der Waals surface area (Å²) in [5, 5.41) is 23.0. The fourth-order valence-electron chi connectivity index (χ4n) is 9.31. The molecule has 0 aromatic rings. The number of aliphatic hydroxyl groups excluding tert-OH is 2. The van der Waals surface area contributed by atoms with Gasteiger partial charge in [-0.2, -0.15) is 0 Å². The van der Waals surface area contributed by atoms with Crippen LogP contribution in [-0.2, 0) is 14.3 Å². The molecule has 0 aliphatic carbocycles. The summed E-state index contributed by atoms with van der Waals surface area (Å²) in [5.74, 6) is -0.0707. The molecule has 2 unspecified atom stereocenters. The summed E-state index contributed by atoms with van der Waals surface area (Å²) in [5.41, 5.74) is 0. The van der Waals surface area contributed by atoms with E-state index in [2.05, 4.69) is 55.6 Å². The fraction of sp³-hybridized carbons (Fsp3) is 0.844. The largest absolute Gasteiger partial charge is 0.466 e. The van der Waals surface area contributed by atoms with Crippen LogP contribution in [0.1, 0.15) is 322 Å². The van der Waals surface area contributed by atoms with Crippen molar-refractivity contribution < 1.29 is 24.5 Å². The lowest BCUT2D eigenvalue weighted by molar-refractivity contribution is -0.143. The number of esters is 1. The topological polar surface area (TPSA) is 95.9 Å². The lowest BCUT2D eigenvalue weighted by Crippen LogP contribution is -2.45. The van der Waals surface area contributed by atoms with Gasteiger partial charge in [-0.3, -0.25) is 9.59 Å². The van der Waals surface area contributed by atoms with Crippen LogP contribution in [0.5, 0.6) is 0 Å². The van der Waals surface area contributed by atoms with Gasteiger partial charge in [0.25, 0.3) is 0 Å². The highest BCUT2D eigenvalue weighted by Gasteiger charge is 2.18. The standard InChI is InChI=1S/C64H119NO5/c1-3-5-7-9-11-13-15-17-34-38-42-46-50-54-58-64(69)70-59-55-51-47-43-39-35-32-30-28-26-24-22-20-18-19-21-23-25-27-29-31-33-37-41-45-49-53-57-63(68)65-61(60-66)62(67)56-52-48-44-40-36-16-14-12-10-8-6-4-2/h15,17-19,22,24,52,56,61-62,66-67H,3-14,16,20-21,23,25-51,53-55,57-60H2,1-2H3,(H,65,68)/b17-15-,19-18-,24-22-,56-52+. The molecule has 0 aromatic carbocycles. The Morgan fingerprint density at radius 1 is 0.400 bits per heavy atom. The number of aliphatic hydroxyl groups is 2. The van der Waals surface area contributed by atoms with Crippen LogP contribution in [0.4, 0.5) is 0 Å². The predicted octanol–water partition coefficient (Wildman–Crippen LogP) is 19.4. The Bertz CT molecular complexity index is 1180. The van der Waals surface area contributed by atoms with Crippen molar-refractivity contribution in [3.63, 3.8) is 0 Å². The van der Waals surface area contributed by atoms with E-state index in [4.69, 9.17) is 4.74 Å². The lowest BCUT2D eigenvalue weighted by atomic mass is 10.0. The number of hydrogen-bond acceptors (Lipinski definition) is 5. The second-order valence-corrected chi connectivity index (χ2v) is 21.0. The zero-order valence-electron chi connectivity index (χ0n) is 46.7. The average Bonchev–Trinajstić information content (AvgIpc) is 3.36. The number of amides is 1. The van der Waals surface area contributed by atoms with Gasteiger partial charge in [0.1, 0.15) is 0 Å². The Morgan fingerprint density at radius 3 is 1.10 bits per heavy atom. The molecule has 0 aliphatic rings. The summed E-state index contributed by atoms with van der Waals surface area (Å²) in [6, 6.07) is -0.630. The first kappa shape index (κ1) is 67.8. The third kappa shape index (κ3) is 55.1. The summed E-state index contributed by atoms with van der Waals surface area (Å²) >= 11 is 0. The minimum absolute atomic E-state index is 0.00127. The number of ether oxygens (including phenoxy) is 1. The molecule has 0 radical (unpaired) electrons. The van der Waals surface area contributed by atoms with Crippen molar-refractivity contribution in [2.24, 2.45) is 0 Å². The van der Waals surface area contributed by atoms with Gasteiger partial charge < -0.3 is 20.3 Å². The Labute approximate surface area is 436 Å². The molecule has 410 valence electrons. The Morgan fingerprint density at radius 2 is 0.714 bits per heavy atom. The molecule has 70 heavy (non-hydrogen) atoms. The second-order valence-electron chi connectivity index (χ2n) is 21.0. The van der Waals surface area contributed by atoms with Crippen molar-refractivity contribution in [3.05, 3.63) is 48.6 Å². The molecule has 6 heteroatoms. The van der Waals surface area contributed by atoms with E-state index in [9.17, 15) is 19.8 Å². The van der Waals surface area contributed by atoms with Gasteiger partial charge in [-0.15, -0.1) is 0 Å². The summed E-state index contributed by atoms with van der Waals surface area (Å²) in [6.07, 6.45) is 75.8. The zero-order valence-corrected chi connectivity index (χ0v) is 46.7. The molecule has 0 saturated carbocycles. The monoisotopic (exact) mass is 982 g/mol. The molecule has 1 amide bonds. The quantitative estimate of drug-likeness (QED) is 0.0321. The first-order valence-corrected chi connectivity index (χ1v) is 30.9. The number of allylic oxidation sites excluding steroid dienone is 7. The molecular weight excluding hydrogens is 863 g/mol. The van der Waals surface area contributed by atoms with Gasteiger partial charge in [0, 0.05) is 12.8 Å². The van der Waals surface area contributed by atoms with E-state index >= 15 is 0 Å². The van der Waals surface area contributed by atoms with E-state index in [1.54, 1.807) is 6.08 Å². The molecular formula is C64H119NO5. The van der Waals surface area contributed by atoms with Gasteiger partial charge in [-0.05, 0) is 89.9 Å². The van der Waals surface area contributed by atoms with Gasteiger partial charge in [-0.1, -0.05) is 268 Å². The van der Waals surface area contributed by atoms with E-state index in [0.717, 1.165) is 51.4 Å². The minimum Gasteiger partial charge on any atom is -0.466 e. The maximum absolute atomic E-state index is 12.4. The highest BCUT2D eigenvalue weighted by molar-refractivity contribution is 5.76. The molecule has 2 atom stereocenters. The second kappa shape index (κ2) is 59.4. The first-order chi connectivity index (χ1) is 34.5. The van der Waals surface area contributed by atoms with E-state index in [-0.39, 0.29) is 18.5 Å². The van der Waals surface area contributed by atoms with Crippen LogP contribution in [0.3, 0.4) is 0 Å². The number of rotatable bonds is 57. The molecule has 0 heterocycles. The van der Waals surface area contributed by atoms with E-state index in [0.29, 0.717) is 19.4 Å². The number of nitrogens with one attached hydrogen (secondary N) is 1. The van der Waals surface area contributed by atoms with Gasteiger partial charge in [0.2, 0.25) is 5.91 Å². The molecule has 0 rings (SSSR count). The van der Waals surface area contributed by atoms with Crippen LogP contribution in [0.15, 0.2) is 48.6 Å². The summed E-state index contributed by atoms with van der Waals surface area (Å²) in [7, 11) is 0. The van der Waals surface area contributed by atoms with Gasteiger partial charge in [-0.25, -0.2) is 0 Å². The highest BCUT2D eigenvalue weighted by Crippen LogP contribution is 2.16. The SMILES string of the molecule is CCCCCCC/C=C\CCCCCCCC(=O)OCCCCCCCCCCC/C=C\C/C=C\CCCCCCCCCCCCCC(=O)NC(CO)C(O)/C=C/CCCCCCCCCCCC. The predicted molar refractivity (Wildman–Crippen MR) is 306 cm³/mol. The first-order valence-electron chi connectivity index (χ1n) is 30.9. The van der Waals surface area contributed by atoms with E-state index < -0.39 is 12.1 Å². The minimum atomic E-state index is -0.846. The number of unbranched alkanes of at least 4 members (excludes halogenated alkanes) is 40. The molecule has 0 spiro atoms. The van der Waals surface area contributed by atoms with Crippen LogP contribution in [-0.4, -0.2) is 47.4 Å².